The third-order valence-electron chi connectivity index (χ3n) is 2.93. The molecule has 0 bridgehead atoms. The SMILES string of the molecule is CC(C)Oc1cncc(C(O)C2CCCN2)c1. The molecule has 0 saturated carbocycles. The van der Waals surface area contributed by atoms with E-state index in [-0.39, 0.29) is 12.1 Å². The van der Waals surface area contributed by atoms with E-state index in [1.54, 1.807) is 12.4 Å². The van der Waals surface area contributed by atoms with Crippen molar-refractivity contribution in [1.29, 1.82) is 0 Å². The molecule has 0 amide bonds. The van der Waals surface area contributed by atoms with Gasteiger partial charge in [0.05, 0.1) is 18.4 Å². The standard InChI is InChI=1S/C13H20N2O2/c1-9(2)17-11-6-10(7-14-8-11)13(16)12-4-3-5-15-12/h6-9,12-13,15-16H,3-5H2,1-2H3. The summed E-state index contributed by atoms with van der Waals surface area (Å²) < 4.78 is 5.57. The summed E-state index contributed by atoms with van der Waals surface area (Å²) in [5.41, 5.74) is 0.822. The van der Waals surface area contributed by atoms with Crippen LogP contribution < -0.4 is 10.1 Å². The van der Waals surface area contributed by atoms with E-state index in [9.17, 15) is 5.11 Å². The normalized spacial score (nSPS) is 21.8. The second kappa shape index (κ2) is 5.47. The van der Waals surface area contributed by atoms with Crippen molar-refractivity contribution in [3.05, 3.63) is 24.0 Å². The van der Waals surface area contributed by atoms with Crippen molar-refractivity contribution in [2.75, 3.05) is 6.54 Å². The van der Waals surface area contributed by atoms with Crippen LogP contribution in [0.4, 0.5) is 0 Å². The minimum absolute atomic E-state index is 0.119. The van der Waals surface area contributed by atoms with Crippen LogP contribution in [-0.2, 0) is 0 Å². The van der Waals surface area contributed by atoms with Gasteiger partial charge in [0, 0.05) is 17.8 Å². The molecule has 2 atom stereocenters. The molecule has 0 spiro atoms. The molecule has 17 heavy (non-hydrogen) atoms. The van der Waals surface area contributed by atoms with Gasteiger partial charge in [-0.25, -0.2) is 0 Å². The summed E-state index contributed by atoms with van der Waals surface area (Å²) in [4.78, 5) is 4.12. The second-order valence-electron chi connectivity index (χ2n) is 4.77. The molecule has 0 aromatic carbocycles. The summed E-state index contributed by atoms with van der Waals surface area (Å²) in [5, 5.41) is 13.5. The smallest absolute Gasteiger partial charge is 0.138 e. The minimum Gasteiger partial charge on any atom is -0.489 e. The van der Waals surface area contributed by atoms with E-state index in [1.165, 1.54) is 0 Å². The molecule has 1 fully saturated rings. The largest absolute Gasteiger partial charge is 0.489 e. The lowest BCUT2D eigenvalue weighted by atomic mass is 10.0. The molecular weight excluding hydrogens is 216 g/mol. The Morgan fingerprint density at radius 1 is 1.47 bits per heavy atom. The summed E-state index contributed by atoms with van der Waals surface area (Å²) in [6.45, 7) is 4.93. The topological polar surface area (TPSA) is 54.4 Å². The zero-order valence-electron chi connectivity index (χ0n) is 10.4. The number of pyridine rings is 1. The van der Waals surface area contributed by atoms with Gasteiger partial charge in [0.15, 0.2) is 0 Å². The van der Waals surface area contributed by atoms with Gasteiger partial charge in [0.2, 0.25) is 0 Å². The first-order valence-corrected chi connectivity index (χ1v) is 6.20. The Labute approximate surface area is 102 Å². The quantitative estimate of drug-likeness (QED) is 0.834. The lowest BCUT2D eigenvalue weighted by Gasteiger charge is -2.19. The summed E-state index contributed by atoms with van der Waals surface area (Å²) >= 11 is 0. The predicted molar refractivity (Wildman–Crippen MR) is 66.0 cm³/mol. The zero-order chi connectivity index (χ0) is 12.3. The summed E-state index contributed by atoms with van der Waals surface area (Å²) in [6.07, 6.45) is 5.14. The summed E-state index contributed by atoms with van der Waals surface area (Å²) in [5.74, 6) is 0.717. The molecule has 2 unspecified atom stereocenters. The molecule has 4 nitrogen and oxygen atoms in total. The van der Waals surface area contributed by atoms with E-state index in [0.29, 0.717) is 0 Å². The maximum atomic E-state index is 10.2. The third kappa shape index (κ3) is 3.17. The molecular formula is C13H20N2O2. The fourth-order valence-corrected chi connectivity index (χ4v) is 2.15. The average Bonchev–Trinajstić information content (AvgIpc) is 2.81. The summed E-state index contributed by atoms with van der Waals surface area (Å²) in [6, 6.07) is 2.02. The van der Waals surface area contributed by atoms with Gasteiger partial charge in [0.1, 0.15) is 5.75 Å². The van der Waals surface area contributed by atoms with Crippen LogP contribution in [0.25, 0.3) is 0 Å². The molecule has 1 aliphatic rings. The highest BCUT2D eigenvalue weighted by Crippen LogP contribution is 2.25. The van der Waals surface area contributed by atoms with E-state index < -0.39 is 6.10 Å². The third-order valence-corrected chi connectivity index (χ3v) is 2.93. The Hall–Kier alpha value is -1.13. The van der Waals surface area contributed by atoms with Gasteiger partial charge in [-0.05, 0) is 39.3 Å². The first kappa shape index (κ1) is 12.3. The number of aliphatic hydroxyl groups excluding tert-OH is 1. The Kier molecular flexibility index (Phi) is 3.97. The van der Waals surface area contributed by atoms with Crippen molar-refractivity contribution in [3.63, 3.8) is 0 Å². The van der Waals surface area contributed by atoms with Crippen LogP contribution in [0.3, 0.4) is 0 Å². The van der Waals surface area contributed by atoms with E-state index >= 15 is 0 Å². The van der Waals surface area contributed by atoms with Crippen molar-refractivity contribution in [3.8, 4) is 5.75 Å². The van der Waals surface area contributed by atoms with Gasteiger partial charge < -0.3 is 15.2 Å². The minimum atomic E-state index is -0.499. The highest BCUT2D eigenvalue weighted by atomic mass is 16.5. The molecule has 1 saturated heterocycles. The van der Waals surface area contributed by atoms with Crippen LogP contribution in [0.1, 0.15) is 38.4 Å². The number of nitrogens with one attached hydrogen (secondary N) is 1. The number of hydrogen-bond donors (Lipinski definition) is 2. The highest BCUT2D eigenvalue weighted by Gasteiger charge is 2.24. The van der Waals surface area contributed by atoms with E-state index in [1.807, 2.05) is 19.9 Å². The molecule has 2 rings (SSSR count). The molecule has 2 N–H and O–H groups in total. The fraction of sp³-hybridized carbons (Fsp3) is 0.615. The number of hydrogen-bond acceptors (Lipinski definition) is 4. The maximum Gasteiger partial charge on any atom is 0.138 e. The van der Waals surface area contributed by atoms with Crippen molar-refractivity contribution in [2.24, 2.45) is 0 Å². The van der Waals surface area contributed by atoms with Crippen LogP contribution in [0.5, 0.6) is 5.75 Å². The van der Waals surface area contributed by atoms with Crippen LogP contribution in [0, 0.1) is 0 Å². The lowest BCUT2D eigenvalue weighted by molar-refractivity contribution is 0.136. The van der Waals surface area contributed by atoms with Crippen molar-refractivity contribution >= 4 is 0 Å². The summed E-state index contributed by atoms with van der Waals surface area (Å²) in [7, 11) is 0. The number of aromatic nitrogens is 1. The molecule has 1 aromatic heterocycles. The molecule has 1 aromatic rings. The Bertz CT molecular complexity index is 362. The first-order chi connectivity index (χ1) is 8.16. The zero-order valence-corrected chi connectivity index (χ0v) is 10.4. The highest BCUT2D eigenvalue weighted by molar-refractivity contribution is 5.26. The molecule has 0 radical (unpaired) electrons. The molecule has 1 aliphatic heterocycles. The van der Waals surface area contributed by atoms with Crippen molar-refractivity contribution in [2.45, 2.75) is 44.9 Å². The van der Waals surface area contributed by atoms with Gasteiger partial charge in [-0.2, -0.15) is 0 Å². The van der Waals surface area contributed by atoms with Gasteiger partial charge in [0.25, 0.3) is 0 Å². The number of nitrogens with zero attached hydrogens (tertiary/aromatic N) is 1. The Morgan fingerprint density at radius 2 is 2.29 bits per heavy atom. The van der Waals surface area contributed by atoms with Gasteiger partial charge >= 0.3 is 0 Å². The lowest BCUT2D eigenvalue weighted by Crippen LogP contribution is -2.28. The number of aliphatic hydroxyl groups is 1. The van der Waals surface area contributed by atoms with Gasteiger partial charge in [-0.3, -0.25) is 4.98 Å². The number of rotatable bonds is 4. The van der Waals surface area contributed by atoms with E-state index in [0.717, 1.165) is 30.7 Å². The van der Waals surface area contributed by atoms with Crippen LogP contribution in [-0.4, -0.2) is 28.8 Å². The number of ether oxygens (including phenoxy) is 1. The molecule has 94 valence electrons. The Morgan fingerprint density at radius 3 is 2.94 bits per heavy atom. The van der Waals surface area contributed by atoms with Gasteiger partial charge in [-0.15, -0.1) is 0 Å². The molecule has 4 heteroatoms. The van der Waals surface area contributed by atoms with Crippen molar-refractivity contribution < 1.29 is 9.84 Å². The van der Waals surface area contributed by atoms with Crippen LogP contribution in [0.15, 0.2) is 18.5 Å². The first-order valence-electron chi connectivity index (χ1n) is 6.20. The second-order valence-corrected chi connectivity index (χ2v) is 4.77. The predicted octanol–water partition coefficient (Wildman–Crippen LogP) is 1.65. The molecule has 0 aliphatic carbocycles. The average molecular weight is 236 g/mol. The van der Waals surface area contributed by atoms with E-state index in [4.69, 9.17) is 4.74 Å². The monoisotopic (exact) mass is 236 g/mol. The molecule has 2 heterocycles. The maximum absolute atomic E-state index is 10.2. The Balaban J connectivity index is 2.09. The fourth-order valence-electron chi connectivity index (χ4n) is 2.15. The van der Waals surface area contributed by atoms with Gasteiger partial charge in [-0.1, -0.05) is 0 Å². The van der Waals surface area contributed by atoms with E-state index in [2.05, 4.69) is 10.3 Å². The van der Waals surface area contributed by atoms with Crippen LogP contribution >= 0.6 is 0 Å². The van der Waals surface area contributed by atoms with Crippen LogP contribution in [0.2, 0.25) is 0 Å². The van der Waals surface area contributed by atoms with Crippen molar-refractivity contribution in [1.82, 2.24) is 10.3 Å².